The lowest BCUT2D eigenvalue weighted by molar-refractivity contribution is 0.0176. The molecular weight excluding hydrogens is 252 g/mol. The van der Waals surface area contributed by atoms with Crippen molar-refractivity contribution in [3.05, 3.63) is 0 Å². The fourth-order valence-corrected chi connectivity index (χ4v) is 2.99. The van der Waals surface area contributed by atoms with Crippen LogP contribution < -0.4 is 0 Å². The molecule has 0 bridgehead atoms. The molecular formula is C5H8O8S2. The summed E-state index contributed by atoms with van der Waals surface area (Å²) in [5, 5.41) is 0. The van der Waals surface area contributed by atoms with Gasteiger partial charge in [-0.1, -0.05) is 0 Å². The van der Waals surface area contributed by atoms with Crippen LogP contribution in [0.3, 0.4) is 0 Å². The van der Waals surface area contributed by atoms with Crippen LogP contribution in [0.15, 0.2) is 0 Å². The van der Waals surface area contributed by atoms with E-state index in [2.05, 4.69) is 16.7 Å². The Labute approximate surface area is 86.7 Å². The van der Waals surface area contributed by atoms with Crippen molar-refractivity contribution >= 4 is 20.8 Å². The molecule has 2 heterocycles. The topological polar surface area (TPSA) is 105 Å². The van der Waals surface area contributed by atoms with Gasteiger partial charge in [-0.25, -0.2) is 16.7 Å². The third-order valence-corrected chi connectivity index (χ3v) is 3.75. The Bertz CT molecular complexity index is 436. The highest BCUT2D eigenvalue weighted by atomic mass is 32.3. The van der Waals surface area contributed by atoms with Crippen molar-refractivity contribution in [3.63, 3.8) is 0 Å². The van der Waals surface area contributed by atoms with Crippen LogP contribution in [0.2, 0.25) is 0 Å². The minimum absolute atomic E-state index is 0.0626. The van der Waals surface area contributed by atoms with E-state index in [1.54, 1.807) is 0 Å². The first kappa shape index (κ1) is 11.2. The van der Waals surface area contributed by atoms with Gasteiger partial charge in [0.05, 0.1) is 13.2 Å². The summed E-state index contributed by atoms with van der Waals surface area (Å²) in [4.78, 5) is 0. The van der Waals surface area contributed by atoms with Gasteiger partial charge >= 0.3 is 20.8 Å². The largest absolute Gasteiger partial charge is 0.400 e. The minimum Gasteiger partial charge on any atom is -0.248 e. The van der Waals surface area contributed by atoms with Crippen LogP contribution in [-0.2, 0) is 37.5 Å². The predicted octanol–water partition coefficient (Wildman–Crippen LogP) is -1.30. The second kappa shape index (κ2) is 3.64. The highest BCUT2D eigenvalue weighted by Crippen LogP contribution is 2.24. The molecule has 8 nitrogen and oxygen atoms in total. The fraction of sp³-hybridized carbons (Fsp3) is 1.00. The molecule has 0 saturated carbocycles. The molecule has 0 aromatic heterocycles. The molecule has 0 radical (unpaired) electrons. The molecule has 0 amide bonds. The van der Waals surface area contributed by atoms with E-state index in [4.69, 9.17) is 0 Å². The molecule has 10 heteroatoms. The highest BCUT2D eigenvalue weighted by molar-refractivity contribution is 7.82. The van der Waals surface area contributed by atoms with Crippen molar-refractivity contribution in [1.82, 2.24) is 0 Å². The summed E-state index contributed by atoms with van der Waals surface area (Å²) in [5.74, 6) is 0. The monoisotopic (exact) mass is 260 g/mol. The molecule has 0 aromatic rings. The summed E-state index contributed by atoms with van der Waals surface area (Å²) in [5.41, 5.74) is 0. The Hall–Kier alpha value is -0.260. The average Bonchev–Trinajstić information content (AvgIpc) is 2.44. The second-order valence-corrected chi connectivity index (χ2v) is 5.47. The zero-order valence-electron chi connectivity index (χ0n) is 7.36. The van der Waals surface area contributed by atoms with Crippen LogP contribution >= 0.6 is 0 Å². The first-order valence-corrected chi connectivity index (χ1v) is 6.70. The Morgan fingerprint density at radius 3 is 2.00 bits per heavy atom. The van der Waals surface area contributed by atoms with E-state index in [-0.39, 0.29) is 19.6 Å². The van der Waals surface area contributed by atoms with Gasteiger partial charge in [0, 0.05) is 6.42 Å². The summed E-state index contributed by atoms with van der Waals surface area (Å²) in [6.07, 6.45) is -1.60. The van der Waals surface area contributed by atoms with Crippen molar-refractivity contribution in [1.29, 1.82) is 0 Å². The van der Waals surface area contributed by atoms with Crippen LogP contribution in [0.1, 0.15) is 6.42 Å². The highest BCUT2D eigenvalue weighted by Gasteiger charge is 2.41. The zero-order chi connectivity index (χ0) is 11.1. The minimum atomic E-state index is -4.04. The maximum Gasteiger partial charge on any atom is 0.400 e. The Kier molecular flexibility index (Phi) is 2.73. The van der Waals surface area contributed by atoms with Crippen LogP contribution in [0, 0.1) is 0 Å². The SMILES string of the molecule is O=S1(=O)OCCC(C2COS(=O)(=O)O2)O1. The van der Waals surface area contributed by atoms with Crippen LogP contribution in [0.4, 0.5) is 0 Å². The summed E-state index contributed by atoms with van der Waals surface area (Å²) in [7, 11) is -8.03. The maximum atomic E-state index is 10.9. The van der Waals surface area contributed by atoms with E-state index in [1.807, 2.05) is 0 Å². The third-order valence-electron chi connectivity index (χ3n) is 1.90. The number of hydrogen-bond donors (Lipinski definition) is 0. The van der Waals surface area contributed by atoms with Crippen molar-refractivity contribution in [3.8, 4) is 0 Å². The van der Waals surface area contributed by atoms with Crippen molar-refractivity contribution in [2.24, 2.45) is 0 Å². The summed E-state index contributed by atoms with van der Waals surface area (Å²) < 4.78 is 60.9. The second-order valence-electron chi connectivity index (χ2n) is 2.98. The van der Waals surface area contributed by atoms with Gasteiger partial charge in [0.25, 0.3) is 0 Å². The first-order valence-electron chi connectivity index (χ1n) is 4.03. The Morgan fingerprint density at radius 2 is 1.47 bits per heavy atom. The quantitative estimate of drug-likeness (QED) is 0.572. The van der Waals surface area contributed by atoms with Crippen molar-refractivity contribution in [2.45, 2.75) is 18.6 Å². The molecule has 2 atom stereocenters. The van der Waals surface area contributed by atoms with E-state index >= 15 is 0 Å². The molecule has 0 N–H and O–H groups in total. The van der Waals surface area contributed by atoms with E-state index in [9.17, 15) is 16.8 Å². The van der Waals surface area contributed by atoms with E-state index < -0.39 is 33.0 Å². The lowest BCUT2D eigenvalue weighted by atomic mass is 10.1. The molecule has 2 saturated heterocycles. The summed E-state index contributed by atoms with van der Waals surface area (Å²) >= 11 is 0. The van der Waals surface area contributed by atoms with Gasteiger partial charge in [0.1, 0.15) is 12.2 Å². The molecule has 2 aliphatic rings. The molecule has 15 heavy (non-hydrogen) atoms. The standard InChI is InChI=1S/C5H8O8S2/c6-14(7)10-2-1-4(12-14)5-3-11-15(8,9)13-5/h4-5H,1-3H2. The third kappa shape index (κ3) is 2.65. The smallest absolute Gasteiger partial charge is 0.248 e. The van der Waals surface area contributed by atoms with Gasteiger partial charge < -0.3 is 0 Å². The van der Waals surface area contributed by atoms with Gasteiger partial charge in [-0.15, -0.1) is 0 Å². The molecule has 2 aliphatic heterocycles. The van der Waals surface area contributed by atoms with Gasteiger partial charge in [-0.05, 0) is 0 Å². The van der Waals surface area contributed by atoms with Crippen LogP contribution in [0.25, 0.3) is 0 Å². The van der Waals surface area contributed by atoms with Crippen molar-refractivity contribution in [2.75, 3.05) is 13.2 Å². The zero-order valence-corrected chi connectivity index (χ0v) is 8.99. The molecule has 0 spiro atoms. The summed E-state index contributed by atoms with van der Waals surface area (Å²) in [6.45, 7) is -0.310. The van der Waals surface area contributed by atoms with Gasteiger partial charge in [-0.2, -0.15) is 16.8 Å². The molecule has 88 valence electrons. The molecule has 0 aromatic carbocycles. The molecule has 0 aliphatic carbocycles. The molecule has 2 rings (SSSR count). The van der Waals surface area contributed by atoms with E-state index in [0.29, 0.717) is 0 Å². The van der Waals surface area contributed by atoms with Crippen molar-refractivity contribution < 1.29 is 33.6 Å². The van der Waals surface area contributed by atoms with Crippen LogP contribution in [0.5, 0.6) is 0 Å². The van der Waals surface area contributed by atoms with Gasteiger partial charge in [0.2, 0.25) is 0 Å². The number of rotatable bonds is 1. The molecule has 2 fully saturated rings. The normalized spacial score (nSPS) is 38.9. The van der Waals surface area contributed by atoms with Gasteiger partial charge in [0.15, 0.2) is 0 Å². The van der Waals surface area contributed by atoms with Crippen LogP contribution in [-0.4, -0.2) is 42.3 Å². The molecule has 2 unspecified atom stereocenters. The fourth-order valence-electron chi connectivity index (χ4n) is 1.27. The number of hydrogen-bond acceptors (Lipinski definition) is 8. The lowest BCUT2D eigenvalue weighted by Gasteiger charge is -2.23. The Balaban J connectivity index is 2.07. The van der Waals surface area contributed by atoms with E-state index in [0.717, 1.165) is 0 Å². The lowest BCUT2D eigenvalue weighted by Crippen LogP contribution is -2.38. The van der Waals surface area contributed by atoms with Gasteiger partial charge in [-0.3, -0.25) is 0 Å². The Morgan fingerprint density at radius 1 is 0.867 bits per heavy atom. The summed E-state index contributed by atoms with van der Waals surface area (Å²) in [6, 6.07) is 0. The van der Waals surface area contributed by atoms with E-state index in [1.165, 1.54) is 0 Å². The average molecular weight is 260 g/mol. The predicted molar refractivity (Wildman–Crippen MR) is 44.1 cm³/mol. The first-order chi connectivity index (χ1) is 6.88. The maximum absolute atomic E-state index is 10.9.